The number of nitrogen functional groups attached to an aromatic ring is 1. The Labute approximate surface area is 113 Å². The molecule has 1 heterocycles. The van der Waals surface area contributed by atoms with E-state index in [-0.39, 0.29) is 5.91 Å². The van der Waals surface area contributed by atoms with Crippen molar-refractivity contribution in [3.8, 4) is 5.75 Å². The number of methoxy groups -OCH3 is 1. The lowest BCUT2D eigenvalue weighted by atomic mass is 10.1. The van der Waals surface area contributed by atoms with Crippen molar-refractivity contribution >= 4 is 11.6 Å². The third-order valence-electron chi connectivity index (χ3n) is 3.63. The number of carbonyl (C=O) groups excluding carboxylic acids is 1. The van der Waals surface area contributed by atoms with Crippen molar-refractivity contribution in [3.05, 3.63) is 23.8 Å². The summed E-state index contributed by atoms with van der Waals surface area (Å²) in [7, 11) is 5.65. The van der Waals surface area contributed by atoms with Gasteiger partial charge in [-0.25, -0.2) is 0 Å². The molecule has 2 rings (SSSR count). The van der Waals surface area contributed by atoms with Crippen LogP contribution in [0.3, 0.4) is 0 Å². The minimum atomic E-state index is -0.00602. The molecular weight excluding hydrogens is 242 g/mol. The van der Waals surface area contributed by atoms with E-state index in [0.717, 1.165) is 19.5 Å². The number of rotatable bonds is 3. The van der Waals surface area contributed by atoms with Gasteiger partial charge in [0.05, 0.1) is 12.7 Å². The molecule has 1 amide bonds. The Morgan fingerprint density at radius 3 is 2.79 bits per heavy atom. The summed E-state index contributed by atoms with van der Waals surface area (Å²) in [5, 5.41) is 0. The first-order valence-electron chi connectivity index (χ1n) is 6.42. The second-order valence-corrected chi connectivity index (χ2v) is 5.12. The van der Waals surface area contributed by atoms with Crippen molar-refractivity contribution in [2.75, 3.05) is 40.0 Å². The summed E-state index contributed by atoms with van der Waals surface area (Å²) in [5.41, 5.74) is 6.88. The first-order valence-corrected chi connectivity index (χ1v) is 6.42. The Hall–Kier alpha value is -1.75. The molecule has 1 aromatic rings. The second kappa shape index (κ2) is 5.48. The van der Waals surface area contributed by atoms with Gasteiger partial charge in [0.25, 0.3) is 5.91 Å². The smallest absolute Gasteiger partial charge is 0.257 e. The zero-order chi connectivity index (χ0) is 14.0. The highest BCUT2D eigenvalue weighted by Crippen LogP contribution is 2.25. The number of likely N-dealkylation sites (N-methyl/N-ethyl adjacent to an activating group) is 1. The quantitative estimate of drug-likeness (QED) is 0.828. The molecule has 19 heavy (non-hydrogen) atoms. The summed E-state index contributed by atoms with van der Waals surface area (Å²) in [6.45, 7) is 1.53. The maximum atomic E-state index is 12.5. The van der Waals surface area contributed by atoms with Crippen LogP contribution in [0.1, 0.15) is 16.8 Å². The van der Waals surface area contributed by atoms with Gasteiger partial charge in [0, 0.05) is 24.8 Å². The van der Waals surface area contributed by atoms with Crippen LogP contribution in [0, 0.1) is 0 Å². The molecule has 5 nitrogen and oxygen atoms in total. The Morgan fingerprint density at radius 1 is 1.47 bits per heavy atom. The topological polar surface area (TPSA) is 58.8 Å². The Kier molecular flexibility index (Phi) is 3.95. The molecular formula is C14H21N3O2. The van der Waals surface area contributed by atoms with Gasteiger partial charge in [-0.15, -0.1) is 0 Å². The fraction of sp³-hybridized carbons (Fsp3) is 0.500. The highest BCUT2D eigenvalue weighted by Gasteiger charge is 2.29. The maximum Gasteiger partial charge on any atom is 0.257 e. The summed E-state index contributed by atoms with van der Waals surface area (Å²) in [5.74, 6) is 0.570. The molecule has 0 aliphatic carbocycles. The Morgan fingerprint density at radius 2 is 2.21 bits per heavy atom. The zero-order valence-electron chi connectivity index (χ0n) is 11.7. The van der Waals surface area contributed by atoms with E-state index in [0.29, 0.717) is 23.0 Å². The van der Waals surface area contributed by atoms with E-state index >= 15 is 0 Å². The molecule has 0 bridgehead atoms. The third-order valence-corrected chi connectivity index (χ3v) is 3.63. The van der Waals surface area contributed by atoms with Gasteiger partial charge < -0.3 is 20.3 Å². The fourth-order valence-electron chi connectivity index (χ4n) is 2.41. The largest absolute Gasteiger partial charge is 0.496 e. The van der Waals surface area contributed by atoms with Crippen LogP contribution in [0.15, 0.2) is 18.2 Å². The molecule has 1 fully saturated rings. The molecule has 0 saturated carbocycles. The monoisotopic (exact) mass is 263 g/mol. The van der Waals surface area contributed by atoms with Crippen molar-refractivity contribution < 1.29 is 9.53 Å². The predicted molar refractivity (Wildman–Crippen MR) is 75.4 cm³/mol. The number of hydrogen-bond donors (Lipinski definition) is 1. The van der Waals surface area contributed by atoms with Crippen molar-refractivity contribution in [1.82, 2.24) is 9.80 Å². The summed E-state index contributed by atoms with van der Waals surface area (Å²) in [6, 6.07) is 5.59. The summed E-state index contributed by atoms with van der Waals surface area (Å²) >= 11 is 0. The average Bonchev–Trinajstić information content (AvgIpc) is 2.87. The molecule has 1 unspecified atom stereocenters. The molecule has 0 radical (unpaired) electrons. The number of nitrogens with two attached hydrogens (primary N) is 1. The highest BCUT2D eigenvalue weighted by molar-refractivity contribution is 5.98. The van der Waals surface area contributed by atoms with Crippen LogP contribution in [0.2, 0.25) is 0 Å². The molecule has 5 heteroatoms. The lowest BCUT2D eigenvalue weighted by molar-refractivity contribution is 0.0780. The van der Waals surface area contributed by atoms with Gasteiger partial charge in [-0.3, -0.25) is 4.79 Å². The molecule has 1 aromatic carbocycles. The number of anilines is 1. The highest BCUT2D eigenvalue weighted by atomic mass is 16.5. The standard InChI is InChI=1S/C14H21N3O2/c1-16(2)11-6-7-17(9-11)14(18)12-8-10(15)4-5-13(12)19-3/h4-5,8,11H,6-7,9,15H2,1-3H3. The normalized spacial score (nSPS) is 18.9. The van der Waals surface area contributed by atoms with Crippen molar-refractivity contribution in [2.24, 2.45) is 0 Å². The van der Waals surface area contributed by atoms with E-state index in [1.54, 1.807) is 25.3 Å². The fourth-order valence-corrected chi connectivity index (χ4v) is 2.41. The number of carbonyl (C=O) groups is 1. The van der Waals surface area contributed by atoms with Gasteiger partial charge in [-0.1, -0.05) is 0 Å². The number of nitrogens with zero attached hydrogens (tertiary/aromatic N) is 2. The first-order chi connectivity index (χ1) is 9.02. The van der Waals surface area contributed by atoms with Crippen molar-refractivity contribution in [3.63, 3.8) is 0 Å². The molecule has 1 aliphatic rings. The lowest BCUT2D eigenvalue weighted by Gasteiger charge is -2.21. The van der Waals surface area contributed by atoms with Crippen molar-refractivity contribution in [1.29, 1.82) is 0 Å². The predicted octanol–water partition coefficient (Wildman–Crippen LogP) is 1.05. The van der Waals surface area contributed by atoms with Crippen LogP contribution in [-0.2, 0) is 0 Å². The van der Waals surface area contributed by atoms with Gasteiger partial charge in [0.15, 0.2) is 0 Å². The molecule has 0 aromatic heterocycles. The SMILES string of the molecule is COc1ccc(N)cc1C(=O)N1CCC(N(C)C)C1. The Bertz CT molecular complexity index is 474. The van der Waals surface area contributed by atoms with Gasteiger partial charge in [-0.2, -0.15) is 0 Å². The molecule has 1 saturated heterocycles. The summed E-state index contributed by atoms with van der Waals surface area (Å²) in [6.07, 6.45) is 1.00. The Balaban J connectivity index is 2.19. The van der Waals surface area contributed by atoms with Crippen LogP contribution in [0.5, 0.6) is 5.75 Å². The van der Waals surface area contributed by atoms with Gasteiger partial charge in [-0.05, 0) is 38.7 Å². The van der Waals surface area contributed by atoms with Gasteiger partial charge in [0.1, 0.15) is 5.75 Å². The van der Waals surface area contributed by atoms with E-state index in [1.165, 1.54) is 0 Å². The van der Waals surface area contributed by atoms with Crippen LogP contribution < -0.4 is 10.5 Å². The van der Waals surface area contributed by atoms with Crippen LogP contribution in [0.25, 0.3) is 0 Å². The molecule has 0 spiro atoms. The minimum Gasteiger partial charge on any atom is -0.496 e. The van der Waals surface area contributed by atoms with Crippen LogP contribution >= 0.6 is 0 Å². The number of likely N-dealkylation sites (tertiary alicyclic amines) is 1. The number of ether oxygens (including phenoxy) is 1. The molecule has 1 aliphatic heterocycles. The van der Waals surface area contributed by atoms with Gasteiger partial charge in [0.2, 0.25) is 0 Å². The summed E-state index contributed by atoms with van der Waals surface area (Å²) in [4.78, 5) is 16.5. The summed E-state index contributed by atoms with van der Waals surface area (Å²) < 4.78 is 5.24. The maximum absolute atomic E-state index is 12.5. The zero-order valence-corrected chi connectivity index (χ0v) is 11.7. The molecule has 2 N–H and O–H groups in total. The lowest BCUT2D eigenvalue weighted by Crippen LogP contribution is -2.34. The number of benzene rings is 1. The van der Waals surface area contributed by atoms with E-state index in [4.69, 9.17) is 10.5 Å². The van der Waals surface area contributed by atoms with Crippen LogP contribution in [-0.4, -0.2) is 56.0 Å². The average molecular weight is 263 g/mol. The van der Waals surface area contributed by atoms with E-state index in [2.05, 4.69) is 4.90 Å². The van der Waals surface area contributed by atoms with E-state index in [9.17, 15) is 4.79 Å². The second-order valence-electron chi connectivity index (χ2n) is 5.12. The van der Waals surface area contributed by atoms with Crippen molar-refractivity contribution in [2.45, 2.75) is 12.5 Å². The third kappa shape index (κ3) is 2.81. The molecule has 104 valence electrons. The van der Waals surface area contributed by atoms with E-state index < -0.39 is 0 Å². The van der Waals surface area contributed by atoms with E-state index in [1.807, 2.05) is 19.0 Å². The number of hydrogen-bond acceptors (Lipinski definition) is 4. The minimum absolute atomic E-state index is 0.00602. The number of amides is 1. The van der Waals surface area contributed by atoms with Gasteiger partial charge >= 0.3 is 0 Å². The van der Waals surface area contributed by atoms with Crippen LogP contribution in [0.4, 0.5) is 5.69 Å². The first kappa shape index (κ1) is 13.7. The molecule has 1 atom stereocenters.